The molecule has 3 aromatic carbocycles. The first-order valence-electron chi connectivity index (χ1n) is 10.3. The fraction of sp³-hybridized carbons (Fsp3) is 0.259. The molecule has 0 aromatic heterocycles. The molecule has 31 heavy (non-hydrogen) atoms. The van der Waals surface area contributed by atoms with E-state index in [1.54, 1.807) is 24.3 Å². The van der Waals surface area contributed by atoms with Crippen LogP contribution in [0, 0.1) is 34.6 Å². The van der Waals surface area contributed by atoms with Gasteiger partial charge in [-0.2, -0.15) is 0 Å². The molecule has 3 aromatic rings. The maximum Gasteiger partial charge on any atom is 0.343 e. The van der Waals surface area contributed by atoms with Gasteiger partial charge in [-0.3, -0.25) is 0 Å². The standard InChI is InChI=1S/C27H28O4/c1-16-11-18(3)23(12-17(16)2)15-24-13-20(5)25(14-19(24)4)31-27(29)22-9-7-21(8-10-22)26(28)30-6/h7-14H,15H2,1-6H3. The van der Waals surface area contributed by atoms with Crippen LogP contribution in [0.25, 0.3) is 0 Å². The van der Waals surface area contributed by atoms with Crippen molar-refractivity contribution >= 4 is 11.9 Å². The van der Waals surface area contributed by atoms with Gasteiger partial charge in [0.15, 0.2) is 0 Å². The van der Waals surface area contributed by atoms with Crippen LogP contribution in [-0.4, -0.2) is 19.0 Å². The van der Waals surface area contributed by atoms with Gasteiger partial charge in [-0.1, -0.05) is 18.2 Å². The average molecular weight is 417 g/mol. The molecule has 0 spiro atoms. The molecule has 4 nitrogen and oxygen atoms in total. The van der Waals surface area contributed by atoms with Gasteiger partial charge in [0.05, 0.1) is 18.2 Å². The van der Waals surface area contributed by atoms with Gasteiger partial charge in [0, 0.05) is 0 Å². The lowest BCUT2D eigenvalue weighted by Gasteiger charge is -2.15. The van der Waals surface area contributed by atoms with Crippen molar-refractivity contribution in [2.75, 3.05) is 7.11 Å². The zero-order chi connectivity index (χ0) is 22.7. The van der Waals surface area contributed by atoms with E-state index in [0.29, 0.717) is 16.9 Å². The monoisotopic (exact) mass is 416 g/mol. The molecule has 0 unspecified atom stereocenters. The van der Waals surface area contributed by atoms with E-state index in [9.17, 15) is 9.59 Å². The molecule has 0 saturated heterocycles. The van der Waals surface area contributed by atoms with Crippen molar-refractivity contribution in [1.82, 2.24) is 0 Å². The second-order valence-electron chi connectivity index (χ2n) is 8.04. The molecule has 0 fully saturated rings. The highest BCUT2D eigenvalue weighted by Crippen LogP contribution is 2.27. The number of rotatable bonds is 5. The number of esters is 2. The molecule has 3 rings (SSSR count). The molecule has 0 radical (unpaired) electrons. The zero-order valence-corrected chi connectivity index (χ0v) is 19.0. The van der Waals surface area contributed by atoms with E-state index in [4.69, 9.17) is 4.74 Å². The number of aryl methyl sites for hydroxylation is 5. The summed E-state index contributed by atoms with van der Waals surface area (Å²) in [5.74, 6) is -0.363. The molecule has 160 valence electrons. The highest BCUT2D eigenvalue weighted by molar-refractivity contribution is 5.94. The Morgan fingerprint density at radius 3 is 1.71 bits per heavy atom. The van der Waals surface area contributed by atoms with Crippen LogP contribution in [0.15, 0.2) is 48.5 Å². The molecule has 0 bridgehead atoms. The van der Waals surface area contributed by atoms with Crippen LogP contribution in [0.5, 0.6) is 5.75 Å². The summed E-state index contributed by atoms with van der Waals surface area (Å²) in [5.41, 5.74) is 9.14. The molecule has 0 aliphatic rings. The van der Waals surface area contributed by atoms with Crippen LogP contribution < -0.4 is 4.74 Å². The second kappa shape index (κ2) is 9.17. The van der Waals surface area contributed by atoms with E-state index >= 15 is 0 Å². The summed E-state index contributed by atoms with van der Waals surface area (Å²) >= 11 is 0. The molecule has 0 N–H and O–H groups in total. The van der Waals surface area contributed by atoms with Crippen LogP contribution in [-0.2, 0) is 11.2 Å². The smallest absolute Gasteiger partial charge is 0.343 e. The normalized spacial score (nSPS) is 10.6. The lowest BCUT2D eigenvalue weighted by Crippen LogP contribution is -2.10. The fourth-order valence-corrected chi connectivity index (χ4v) is 3.58. The van der Waals surface area contributed by atoms with E-state index in [-0.39, 0.29) is 0 Å². The molecular formula is C27H28O4. The summed E-state index contributed by atoms with van der Waals surface area (Å²) in [7, 11) is 1.32. The summed E-state index contributed by atoms with van der Waals surface area (Å²) in [4.78, 5) is 24.1. The maximum atomic E-state index is 12.6. The third-order valence-corrected chi connectivity index (χ3v) is 5.71. The van der Waals surface area contributed by atoms with Gasteiger partial charge >= 0.3 is 11.9 Å². The Morgan fingerprint density at radius 1 is 0.645 bits per heavy atom. The topological polar surface area (TPSA) is 52.6 Å². The summed E-state index contributed by atoms with van der Waals surface area (Å²) in [5, 5.41) is 0. The summed E-state index contributed by atoms with van der Waals surface area (Å²) in [6.45, 7) is 10.4. The van der Waals surface area contributed by atoms with Crippen LogP contribution in [0.2, 0.25) is 0 Å². The number of hydrogen-bond acceptors (Lipinski definition) is 4. The van der Waals surface area contributed by atoms with Crippen LogP contribution in [0.1, 0.15) is 59.7 Å². The minimum absolute atomic E-state index is 0.375. The van der Waals surface area contributed by atoms with E-state index in [1.807, 2.05) is 19.9 Å². The molecular weight excluding hydrogens is 388 g/mol. The van der Waals surface area contributed by atoms with Crippen molar-refractivity contribution in [2.45, 2.75) is 41.0 Å². The van der Waals surface area contributed by atoms with Crippen LogP contribution in [0.4, 0.5) is 0 Å². The molecule has 0 amide bonds. The molecule has 0 aliphatic carbocycles. The van der Waals surface area contributed by atoms with Gasteiger partial charge in [0.1, 0.15) is 5.75 Å². The number of hydrogen-bond donors (Lipinski definition) is 0. The molecule has 0 atom stereocenters. The number of carbonyl (C=O) groups is 2. The quantitative estimate of drug-likeness (QED) is 0.388. The number of carbonyl (C=O) groups excluding carboxylic acids is 2. The second-order valence-corrected chi connectivity index (χ2v) is 8.04. The highest BCUT2D eigenvalue weighted by Gasteiger charge is 2.14. The first-order valence-corrected chi connectivity index (χ1v) is 10.3. The Kier molecular flexibility index (Phi) is 6.59. The van der Waals surface area contributed by atoms with Crippen LogP contribution in [0.3, 0.4) is 0 Å². The maximum absolute atomic E-state index is 12.6. The minimum Gasteiger partial charge on any atom is -0.465 e. The largest absolute Gasteiger partial charge is 0.465 e. The van der Waals surface area contributed by atoms with Crippen molar-refractivity contribution in [2.24, 2.45) is 0 Å². The zero-order valence-electron chi connectivity index (χ0n) is 19.0. The molecule has 0 heterocycles. The van der Waals surface area contributed by atoms with E-state index < -0.39 is 11.9 Å². The van der Waals surface area contributed by atoms with E-state index in [1.165, 1.54) is 34.9 Å². The number of ether oxygens (including phenoxy) is 2. The van der Waals surface area contributed by atoms with Gasteiger partial charge < -0.3 is 9.47 Å². The third-order valence-electron chi connectivity index (χ3n) is 5.71. The predicted molar refractivity (Wildman–Crippen MR) is 122 cm³/mol. The van der Waals surface area contributed by atoms with Crippen LogP contribution >= 0.6 is 0 Å². The van der Waals surface area contributed by atoms with Crippen molar-refractivity contribution in [3.8, 4) is 5.75 Å². The summed E-state index contributed by atoms with van der Waals surface area (Å²) in [6.07, 6.45) is 0.836. The lowest BCUT2D eigenvalue weighted by molar-refractivity contribution is 0.0599. The van der Waals surface area contributed by atoms with E-state index in [0.717, 1.165) is 17.5 Å². The number of methoxy groups -OCH3 is 1. The van der Waals surface area contributed by atoms with Gasteiger partial charge in [-0.15, -0.1) is 0 Å². The van der Waals surface area contributed by atoms with Crippen molar-refractivity contribution in [3.05, 3.63) is 98.6 Å². The Balaban J connectivity index is 1.79. The fourth-order valence-electron chi connectivity index (χ4n) is 3.58. The van der Waals surface area contributed by atoms with Gasteiger partial charge in [-0.05, 0) is 110 Å². The molecule has 0 aliphatic heterocycles. The Labute approximate surface area is 183 Å². The van der Waals surface area contributed by atoms with Gasteiger partial charge in [0.2, 0.25) is 0 Å². The Morgan fingerprint density at radius 2 is 1.13 bits per heavy atom. The first kappa shape index (κ1) is 22.3. The van der Waals surface area contributed by atoms with Crippen molar-refractivity contribution in [3.63, 3.8) is 0 Å². The Hall–Kier alpha value is -3.40. The number of benzene rings is 3. The highest BCUT2D eigenvalue weighted by atomic mass is 16.5. The van der Waals surface area contributed by atoms with Crippen molar-refractivity contribution in [1.29, 1.82) is 0 Å². The average Bonchev–Trinajstić information content (AvgIpc) is 2.74. The van der Waals surface area contributed by atoms with Gasteiger partial charge in [-0.25, -0.2) is 9.59 Å². The van der Waals surface area contributed by atoms with Gasteiger partial charge in [0.25, 0.3) is 0 Å². The summed E-state index contributed by atoms with van der Waals surface area (Å²) < 4.78 is 10.3. The Bertz CT molecular complexity index is 1140. The first-order chi connectivity index (χ1) is 14.7. The lowest BCUT2D eigenvalue weighted by atomic mass is 9.93. The predicted octanol–water partition coefficient (Wildman–Crippen LogP) is 5.83. The summed E-state index contributed by atoms with van der Waals surface area (Å²) in [6, 6.07) is 14.7. The SMILES string of the molecule is COC(=O)c1ccc(C(=O)Oc2cc(C)c(Cc3cc(C)c(C)cc3C)cc2C)cc1. The molecule has 4 heteroatoms. The minimum atomic E-state index is -0.461. The third kappa shape index (κ3) is 5.02. The van der Waals surface area contributed by atoms with Crippen molar-refractivity contribution < 1.29 is 19.1 Å². The molecule has 0 saturated carbocycles. The van der Waals surface area contributed by atoms with E-state index in [2.05, 4.69) is 43.7 Å².